The zero-order chi connectivity index (χ0) is 8.97. The highest BCUT2D eigenvalue weighted by Gasteiger charge is 2.00. The second-order valence-electron chi connectivity index (χ2n) is 2.66. The normalized spacial score (nSPS) is 10.9. The zero-order valence-electron chi connectivity index (χ0n) is 7.47. The Hall–Kier alpha value is -0.310. The first-order valence-corrected chi connectivity index (χ1v) is 5.27. The Labute approximate surface area is 87.8 Å². The SMILES string of the molecule is C/C=C\c1cccc(I)c1CC. The first-order valence-electron chi connectivity index (χ1n) is 4.19. The highest BCUT2D eigenvalue weighted by atomic mass is 127. The van der Waals surface area contributed by atoms with Crippen LogP contribution in [0, 0.1) is 3.57 Å². The molecule has 1 heteroatoms. The van der Waals surface area contributed by atoms with Gasteiger partial charge in [-0.2, -0.15) is 0 Å². The largest absolute Gasteiger partial charge is 0.0871 e. The van der Waals surface area contributed by atoms with E-state index in [0.29, 0.717) is 0 Å². The summed E-state index contributed by atoms with van der Waals surface area (Å²) in [7, 11) is 0. The molecule has 0 heterocycles. The molecule has 0 aliphatic rings. The van der Waals surface area contributed by atoms with Crippen molar-refractivity contribution < 1.29 is 0 Å². The van der Waals surface area contributed by atoms with Crippen LogP contribution < -0.4 is 0 Å². The maximum absolute atomic E-state index is 2.39. The van der Waals surface area contributed by atoms with Crippen LogP contribution in [0.2, 0.25) is 0 Å². The van der Waals surface area contributed by atoms with E-state index in [9.17, 15) is 0 Å². The van der Waals surface area contributed by atoms with E-state index in [4.69, 9.17) is 0 Å². The van der Waals surface area contributed by atoms with E-state index in [1.807, 2.05) is 0 Å². The van der Waals surface area contributed by atoms with E-state index < -0.39 is 0 Å². The van der Waals surface area contributed by atoms with Gasteiger partial charge in [-0.15, -0.1) is 0 Å². The summed E-state index contributed by atoms with van der Waals surface area (Å²) in [6.45, 7) is 4.25. The van der Waals surface area contributed by atoms with Crippen LogP contribution in [0.15, 0.2) is 24.3 Å². The van der Waals surface area contributed by atoms with Crippen LogP contribution in [-0.4, -0.2) is 0 Å². The second-order valence-corrected chi connectivity index (χ2v) is 3.82. The average Bonchev–Trinajstić information content (AvgIpc) is 2.05. The quantitative estimate of drug-likeness (QED) is 0.716. The summed E-state index contributed by atoms with van der Waals surface area (Å²) < 4.78 is 1.37. The first-order chi connectivity index (χ1) is 5.79. The van der Waals surface area contributed by atoms with Gasteiger partial charge in [-0.25, -0.2) is 0 Å². The lowest BCUT2D eigenvalue weighted by molar-refractivity contribution is 1.12. The number of benzene rings is 1. The topological polar surface area (TPSA) is 0 Å². The van der Waals surface area contributed by atoms with Gasteiger partial charge in [0.1, 0.15) is 0 Å². The number of halogens is 1. The van der Waals surface area contributed by atoms with Crippen molar-refractivity contribution in [1.82, 2.24) is 0 Å². The fraction of sp³-hybridized carbons (Fsp3) is 0.273. The molecule has 1 aromatic carbocycles. The molecular formula is C11H13I. The van der Waals surface area contributed by atoms with Gasteiger partial charge in [0.05, 0.1) is 0 Å². The summed E-state index contributed by atoms with van der Waals surface area (Å²) in [5.41, 5.74) is 2.81. The van der Waals surface area contributed by atoms with E-state index in [0.717, 1.165) is 6.42 Å². The summed E-state index contributed by atoms with van der Waals surface area (Å²) in [6, 6.07) is 6.43. The molecule has 0 atom stereocenters. The zero-order valence-corrected chi connectivity index (χ0v) is 9.63. The predicted octanol–water partition coefficient (Wildman–Crippen LogP) is 3.89. The van der Waals surface area contributed by atoms with Gasteiger partial charge in [-0.05, 0) is 53.1 Å². The van der Waals surface area contributed by atoms with E-state index in [2.05, 4.69) is 66.8 Å². The monoisotopic (exact) mass is 272 g/mol. The van der Waals surface area contributed by atoms with Crippen LogP contribution in [0.4, 0.5) is 0 Å². The number of hydrogen-bond donors (Lipinski definition) is 0. The van der Waals surface area contributed by atoms with Gasteiger partial charge in [0, 0.05) is 3.57 Å². The Morgan fingerprint density at radius 3 is 2.75 bits per heavy atom. The summed E-state index contributed by atoms with van der Waals surface area (Å²) in [5, 5.41) is 0. The Morgan fingerprint density at radius 1 is 1.42 bits per heavy atom. The molecule has 0 amide bonds. The van der Waals surface area contributed by atoms with Crippen LogP contribution >= 0.6 is 22.6 Å². The van der Waals surface area contributed by atoms with Crippen LogP contribution in [0.1, 0.15) is 25.0 Å². The summed E-state index contributed by atoms with van der Waals surface area (Å²) in [4.78, 5) is 0. The fourth-order valence-corrected chi connectivity index (χ4v) is 2.18. The Bertz CT molecular complexity index is 287. The van der Waals surface area contributed by atoms with Crippen molar-refractivity contribution in [3.63, 3.8) is 0 Å². The third-order valence-corrected chi connectivity index (χ3v) is 2.87. The molecule has 64 valence electrons. The number of allylic oxidation sites excluding steroid dienone is 1. The lowest BCUT2D eigenvalue weighted by Gasteiger charge is -2.05. The molecule has 0 radical (unpaired) electrons. The molecule has 0 aromatic heterocycles. The molecule has 0 saturated heterocycles. The van der Waals surface area contributed by atoms with Gasteiger partial charge in [0.25, 0.3) is 0 Å². The average molecular weight is 272 g/mol. The maximum atomic E-state index is 2.39. The molecule has 0 saturated carbocycles. The minimum absolute atomic E-state index is 1.11. The molecule has 0 bridgehead atoms. The smallest absolute Gasteiger partial charge is 0.0168 e. The highest BCUT2D eigenvalue weighted by molar-refractivity contribution is 14.1. The Morgan fingerprint density at radius 2 is 2.17 bits per heavy atom. The van der Waals surface area contributed by atoms with E-state index in [-0.39, 0.29) is 0 Å². The molecule has 0 spiro atoms. The van der Waals surface area contributed by atoms with Crippen molar-refractivity contribution in [2.45, 2.75) is 20.3 Å². The van der Waals surface area contributed by atoms with Crippen molar-refractivity contribution >= 4 is 28.7 Å². The Kier molecular flexibility index (Phi) is 3.79. The van der Waals surface area contributed by atoms with E-state index >= 15 is 0 Å². The molecule has 1 rings (SSSR count). The van der Waals surface area contributed by atoms with Gasteiger partial charge in [-0.1, -0.05) is 31.2 Å². The van der Waals surface area contributed by atoms with Gasteiger partial charge >= 0.3 is 0 Å². The molecular weight excluding hydrogens is 259 g/mol. The molecule has 0 nitrogen and oxygen atoms in total. The number of rotatable bonds is 2. The van der Waals surface area contributed by atoms with Crippen LogP contribution in [-0.2, 0) is 6.42 Å². The van der Waals surface area contributed by atoms with Crippen molar-refractivity contribution in [2.75, 3.05) is 0 Å². The van der Waals surface area contributed by atoms with Crippen LogP contribution in [0.25, 0.3) is 6.08 Å². The van der Waals surface area contributed by atoms with Crippen LogP contribution in [0.3, 0.4) is 0 Å². The minimum Gasteiger partial charge on any atom is -0.0871 e. The third kappa shape index (κ3) is 2.09. The molecule has 0 aliphatic carbocycles. The molecule has 0 unspecified atom stereocenters. The van der Waals surface area contributed by atoms with Gasteiger partial charge in [0.15, 0.2) is 0 Å². The van der Waals surface area contributed by atoms with Crippen molar-refractivity contribution in [1.29, 1.82) is 0 Å². The van der Waals surface area contributed by atoms with E-state index in [1.54, 1.807) is 0 Å². The number of hydrogen-bond acceptors (Lipinski definition) is 0. The predicted molar refractivity (Wildman–Crippen MR) is 63.2 cm³/mol. The molecule has 12 heavy (non-hydrogen) atoms. The van der Waals surface area contributed by atoms with Crippen molar-refractivity contribution in [3.05, 3.63) is 39.0 Å². The standard InChI is InChI=1S/C11H13I/c1-3-6-9-7-5-8-11(12)10(9)4-2/h3,5-8H,4H2,1-2H3/b6-3-. The third-order valence-electron chi connectivity index (χ3n) is 1.85. The van der Waals surface area contributed by atoms with Gasteiger partial charge in [-0.3, -0.25) is 0 Å². The van der Waals surface area contributed by atoms with Crippen molar-refractivity contribution in [3.8, 4) is 0 Å². The van der Waals surface area contributed by atoms with Crippen molar-refractivity contribution in [2.24, 2.45) is 0 Å². The first kappa shape index (κ1) is 9.78. The lowest BCUT2D eigenvalue weighted by atomic mass is 10.1. The van der Waals surface area contributed by atoms with Gasteiger partial charge < -0.3 is 0 Å². The highest BCUT2D eigenvalue weighted by Crippen LogP contribution is 2.18. The summed E-state index contributed by atoms with van der Waals surface area (Å²) in [5.74, 6) is 0. The summed E-state index contributed by atoms with van der Waals surface area (Å²) >= 11 is 2.39. The molecule has 0 N–H and O–H groups in total. The van der Waals surface area contributed by atoms with Gasteiger partial charge in [0.2, 0.25) is 0 Å². The second kappa shape index (κ2) is 4.65. The molecule has 0 fully saturated rings. The fourth-order valence-electron chi connectivity index (χ4n) is 1.28. The van der Waals surface area contributed by atoms with Crippen LogP contribution in [0.5, 0.6) is 0 Å². The Balaban J connectivity index is 3.18. The molecule has 1 aromatic rings. The lowest BCUT2D eigenvalue weighted by Crippen LogP contribution is -1.89. The van der Waals surface area contributed by atoms with E-state index in [1.165, 1.54) is 14.7 Å². The summed E-state index contributed by atoms with van der Waals surface area (Å²) in [6.07, 6.45) is 5.37. The molecule has 0 aliphatic heterocycles. The minimum atomic E-state index is 1.11. The maximum Gasteiger partial charge on any atom is 0.0168 e.